The molecule has 0 fully saturated rings. The first-order valence-corrected chi connectivity index (χ1v) is 8.39. The van der Waals surface area contributed by atoms with Crippen LogP contribution in [0, 0.1) is 0 Å². The van der Waals surface area contributed by atoms with Gasteiger partial charge in [-0.25, -0.2) is 9.78 Å². The number of nitrogens with one attached hydrogen (secondary N) is 1. The Kier molecular flexibility index (Phi) is 5.35. The summed E-state index contributed by atoms with van der Waals surface area (Å²) in [6.07, 6.45) is 0. The number of esters is 1. The summed E-state index contributed by atoms with van der Waals surface area (Å²) < 4.78 is 4.94. The van der Waals surface area contributed by atoms with Crippen molar-refractivity contribution in [3.8, 4) is 0 Å². The Morgan fingerprint density at radius 1 is 1.23 bits per heavy atom. The number of aromatic amines is 1. The Labute approximate surface area is 155 Å². The molecule has 0 radical (unpaired) electrons. The van der Waals surface area contributed by atoms with Gasteiger partial charge in [0, 0.05) is 5.02 Å². The van der Waals surface area contributed by atoms with Gasteiger partial charge in [0.25, 0.3) is 5.56 Å². The summed E-state index contributed by atoms with van der Waals surface area (Å²) in [6, 6.07) is 13.5. The number of hydrogen-bond acceptors (Lipinski definition) is 5. The summed E-state index contributed by atoms with van der Waals surface area (Å²) in [6.45, 7) is 0.241. The molecule has 0 amide bonds. The Morgan fingerprint density at radius 2 is 1.92 bits per heavy atom. The number of likely N-dealkylation sites (N-methyl/N-ethyl adjacent to an activating group) is 1. The number of nitrogens with zero attached hydrogens (tertiary/aromatic N) is 2. The molecule has 0 aliphatic rings. The van der Waals surface area contributed by atoms with E-state index in [4.69, 9.17) is 16.3 Å². The van der Waals surface area contributed by atoms with Crippen LogP contribution in [0.25, 0.3) is 10.9 Å². The number of benzene rings is 2. The molecule has 0 spiro atoms. The van der Waals surface area contributed by atoms with Crippen molar-refractivity contribution in [3.63, 3.8) is 0 Å². The molecule has 0 saturated heterocycles. The van der Waals surface area contributed by atoms with E-state index in [0.717, 1.165) is 0 Å². The predicted octanol–water partition coefficient (Wildman–Crippen LogP) is 2.92. The first-order valence-electron chi connectivity index (χ1n) is 8.01. The van der Waals surface area contributed by atoms with Gasteiger partial charge in [0.2, 0.25) is 0 Å². The van der Waals surface area contributed by atoms with Gasteiger partial charge in [0.05, 0.1) is 24.6 Å². The lowest BCUT2D eigenvalue weighted by molar-refractivity contribution is -0.147. The van der Waals surface area contributed by atoms with E-state index in [-0.39, 0.29) is 12.1 Å². The van der Waals surface area contributed by atoms with Crippen molar-refractivity contribution in [2.24, 2.45) is 0 Å². The van der Waals surface area contributed by atoms with E-state index in [9.17, 15) is 9.59 Å². The van der Waals surface area contributed by atoms with Gasteiger partial charge in [-0.1, -0.05) is 41.9 Å². The molecule has 1 heterocycles. The summed E-state index contributed by atoms with van der Waals surface area (Å²) in [5.41, 5.74) is 1.02. The zero-order chi connectivity index (χ0) is 18.7. The normalized spacial score (nSPS) is 12.3. The van der Waals surface area contributed by atoms with Crippen LogP contribution in [0.1, 0.15) is 17.4 Å². The largest absolute Gasteiger partial charge is 0.468 e. The molecule has 26 heavy (non-hydrogen) atoms. The summed E-state index contributed by atoms with van der Waals surface area (Å²) in [4.78, 5) is 33.6. The van der Waals surface area contributed by atoms with Crippen LogP contribution >= 0.6 is 11.6 Å². The number of H-pyrrole nitrogens is 1. The highest BCUT2D eigenvalue weighted by atomic mass is 35.5. The molecule has 0 aliphatic carbocycles. The van der Waals surface area contributed by atoms with Gasteiger partial charge in [-0.15, -0.1) is 0 Å². The highest BCUT2D eigenvalue weighted by Gasteiger charge is 2.28. The summed E-state index contributed by atoms with van der Waals surface area (Å²) >= 11 is 6.26. The van der Waals surface area contributed by atoms with Crippen molar-refractivity contribution in [1.29, 1.82) is 0 Å². The molecular weight excluding hydrogens is 354 g/mol. The minimum atomic E-state index is -0.717. The van der Waals surface area contributed by atoms with Gasteiger partial charge < -0.3 is 9.72 Å². The fourth-order valence-corrected chi connectivity index (χ4v) is 3.13. The lowest BCUT2D eigenvalue weighted by Crippen LogP contribution is -2.32. The second-order valence-electron chi connectivity index (χ2n) is 5.89. The summed E-state index contributed by atoms with van der Waals surface area (Å²) in [5, 5.41) is 0.990. The van der Waals surface area contributed by atoms with E-state index < -0.39 is 12.0 Å². The fraction of sp³-hybridized carbons (Fsp3) is 0.211. The number of hydrogen-bond donors (Lipinski definition) is 1. The van der Waals surface area contributed by atoms with Crippen molar-refractivity contribution in [1.82, 2.24) is 14.9 Å². The molecule has 0 unspecified atom stereocenters. The molecule has 1 N–H and O–H groups in total. The number of halogens is 1. The smallest absolute Gasteiger partial charge is 0.327 e. The number of methoxy groups -OCH3 is 1. The van der Waals surface area contributed by atoms with E-state index >= 15 is 0 Å². The van der Waals surface area contributed by atoms with Crippen molar-refractivity contribution in [2.45, 2.75) is 12.6 Å². The fourth-order valence-electron chi connectivity index (χ4n) is 2.89. The summed E-state index contributed by atoms with van der Waals surface area (Å²) in [5.74, 6) is 0.0147. The Bertz CT molecular complexity index is 1000. The third kappa shape index (κ3) is 3.61. The molecule has 1 aromatic heterocycles. The highest BCUT2D eigenvalue weighted by molar-refractivity contribution is 6.31. The highest BCUT2D eigenvalue weighted by Crippen LogP contribution is 2.28. The van der Waals surface area contributed by atoms with Crippen LogP contribution in [0.4, 0.5) is 0 Å². The van der Waals surface area contributed by atoms with Crippen molar-refractivity contribution in [2.75, 3.05) is 14.2 Å². The standard InChI is InChI=1S/C19H18ClN3O3/c1-23(17(19(25)26-2)12-7-3-5-9-14(12)20)11-16-21-15-10-6-4-8-13(15)18(24)22-16/h3-10,17H,11H2,1-2H3,(H,21,22,24)/t17-/m1/s1. The van der Waals surface area contributed by atoms with E-state index in [1.807, 2.05) is 6.07 Å². The molecule has 3 rings (SSSR count). The number of ether oxygens (including phenoxy) is 1. The maximum absolute atomic E-state index is 12.4. The van der Waals surface area contributed by atoms with Gasteiger partial charge in [0.15, 0.2) is 0 Å². The van der Waals surface area contributed by atoms with Crippen LogP contribution in [0.2, 0.25) is 5.02 Å². The average Bonchev–Trinajstić information content (AvgIpc) is 2.63. The number of rotatable bonds is 5. The molecular formula is C19H18ClN3O3. The lowest BCUT2D eigenvalue weighted by Gasteiger charge is -2.26. The van der Waals surface area contributed by atoms with Crippen LogP contribution in [-0.2, 0) is 16.1 Å². The number of fused-ring (bicyclic) bond motifs is 1. The molecule has 6 nitrogen and oxygen atoms in total. The van der Waals surface area contributed by atoms with Crippen LogP contribution in [0.3, 0.4) is 0 Å². The third-order valence-electron chi connectivity index (χ3n) is 4.13. The van der Waals surface area contributed by atoms with Gasteiger partial charge in [-0.2, -0.15) is 0 Å². The number of carbonyl (C=O) groups excluding carboxylic acids is 1. The Balaban J connectivity index is 1.96. The monoisotopic (exact) mass is 371 g/mol. The number of para-hydroxylation sites is 1. The lowest BCUT2D eigenvalue weighted by atomic mass is 10.1. The van der Waals surface area contributed by atoms with Gasteiger partial charge >= 0.3 is 5.97 Å². The van der Waals surface area contributed by atoms with Crippen LogP contribution < -0.4 is 5.56 Å². The molecule has 2 aromatic carbocycles. The SMILES string of the molecule is COC(=O)[C@@H](c1ccccc1Cl)N(C)Cc1nc2ccccc2c(=O)[nH]1. The predicted molar refractivity (Wildman–Crippen MR) is 100 cm³/mol. The molecule has 0 saturated carbocycles. The molecule has 134 valence electrons. The average molecular weight is 372 g/mol. The van der Waals surface area contributed by atoms with E-state index in [2.05, 4.69) is 9.97 Å². The molecule has 7 heteroatoms. The van der Waals surface area contributed by atoms with E-state index in [1.165, 1.54) is 7.11 Å². The minimum Gasteiger partial charge on any atom is -0.468 e. The van der Waals surface area contributed by atoms with Gasteiger partial charge in [-0.3, -0.25) is 9.69 Å². The van der Waals surface area contributed by atoms with E-state index in [1.54, 1.807) is 54.4 Å². The second kappa shape index (κ2) is 7.68. The van der Waals surface area contributed by atoms with Crippen LogP contribution in [0.5, 0.6) is 0 Å². The Morgan fingerprint density at radius 3 is 2.65 bits per heavy atom. The summed E-state index contributed by atoms with van der Waals surface area (Å²) in [7, 11) is 3.08. The topological polar surface area (TPSA) is 75.3 Å². The number of aromatic nitrogens is 2. The second-order valence-corrected chi connectivity index (χ2v) is 6.30. The van der Waals surface area contributed by atoms with Crippen molar-refractivity contribution < 1.29 is 9.53 Å². The molecule has 1 atom stereocenters. The zero-order valence-corrected chi connectivity index (χ0v) is 15.2. The van der Waals surface area contributed by atoms with Gasteiger partial charge in [0.1, 0.15) is 11.9 Å². The van der Waals surface area contributed by atoms with Crippen LogP contribution in [0.15, 0.2) is 53.3 Å². The number of carbonyl (C=O) groups is 1. The first kappa shape index (κ1) is 18.1. The van der Waals surface area contributed by atoms with Gasteiger partial charge in [-0.05, 0) is 30.8 Å². The van der Waals surface area contributed by atoms with Crippen LogP contribution in [-0.4, -0.2) is 35.0 Å². The molecule has 0 aliphatic heterocycles. The maximum Gasteiger partial charge on any atom is 0.327 e. The van der Waals surface area contributed by atoms with Crippen molar-refractivity contribution >= 4 is 28.5 Å². The van der Waals surface area contributed by atoms with Crippen molar-refractivity contribution in [3.05, 3.63) is 75.3 Å². The Hall–Kier alpha value is -2.70. The molecule has 3 aromatic rings. The molecule has 0 bridgehead atoms. The first-order chi connectivity index (χ1) is 12.5. The van der Waals surface area contributed by atoms with E-state index in [0.29, 0.717) is 27.3 Å². The minimum absolute atomic E-state index is 0.216. The maximum atomic E-state index is 12.4. The zero-order valence-electron chi connectivity index (χ0n) is 14.4. The quantitative estimate of drug-likeness (QED) is 0.698. The third-order valence-corrected chi connectivity index (χ3v) is 4.47.